The molecule has 0 aromatic heterocycles. The van der Waals surface area contributed by atoms with E-state index in [1.54, 1.807) is 0 Å². The Balaban J connectivity index is 1.57. The monoisotopic (exact) mass is 380 g/mol. The summed E-state index contributed by atoms with van der Waals surface area (Å²) in [5.41, 5.74) is 1.09. The van der Waals surface area contributed by atoms with Crippen LogP contribution < -0.4 is 9.47 Å². The molecular formula is C21H23F3O3. The third kappa shape index (κ3) is 8.15. The second-order valence-electron chi connectivity index (χ2n) is 6.18. The van der Waals surface area contributed by atoms with Gasteiger partial charge in [0.15, 0.2) is 0 Å². The van der Waals surface area contributed by atoms with Gasteiger partial charge in [0.05, 0.1) is 6.61 Å². The van der Waals surface area contributed by atoms with Gasteiger partial charge in [0.1, 0.15) is 18.1 Å². The highest BCUT2D eigenvalue weighted by atomic mass is 19.4. The number of ketones is 1. The summed E-state index contributed by atoms with van der Waals surface area (Å²) < 4.78 is 47.5. The topological polar surface area (TPSA) is 35.5 Å². The predicted molar refractivity (Wildman–Crippen MR) is 96.9 cm³/mol. The largest absolute Gasteiger partial charge is 0.494 e. The van der Waals surface area contributed by atoms with Gasteiger partial charge in [0, 0.05) is 6.42 Å². The molecule has 3 nitrogen and oxygen atoms in total. The molecule has 0 unspecified atom stereocenters. The van der Waals surface area contributed by atoms with Crippen molar-refractivity contribution < 1.29 is 27.4 Å². The van der Waals surface area contributed by atoms with Crippen molar-refractivity contribution in [1.82, 2.24) is 0 Å². The lowest BCUT2D eigenvalue weighted by molar-refractivity contribution is -0.171. The Kier molecular flexibility index (Phi) is 8.17. The number of hydrogen-bond donors (Lipinski definition) is 0. The summed E-state index contributed by atoms with van der Waals surface area (Å²) in [6.45, 7) is 0.981. The minimum Gasteiger partial charge on any atom is -0.494 e. The molecule has 146 valence electrons. The van der Waals surface area contributed by atoms with E-state index in [1.807, 2.05) is 54.6 Å². The van der Waals surface area contributed by atoms with E-state index in [1.165, 1.54) is 0 Å². The van der Waals surface area contributed by atoms with Crippen LogP contribution in [0.1, 0.15) is 37.7 Å². The summed E-state index contributed by atoms with van der Waals surface area (Å²) in [6, 6.07) is 17.2. The third-order valence-corrected chi connectivity index (χ3v) is 3.96. The average Bonchev–Trinajstić information content (AvgIpc) is 2.66. The Hall–Kier alpha value is -2.50. The van der Waals surface area contributed by atoms with Gasteiger partial charge in [0.2, 0.25) is 5.78 Å². The fourth-order valence-electron chi connectivity index (χ4n) is 2.45. The number of unbranched alkanes of at least 4 members (excludes halogenated alkanes) is 3. The van der Waals surface area contributed by atoms with Crippen LogP contribution in [-0.4, -0.2) is 18.6 Å². The number of hydrogen-bond acceptors (Lipinski definition) is 3. The summed E-state index contributed by atoms with van der Waals surface area (Å²) >= 11 is 0. The molecule has 2 aromatic carbocycles. The highest BCUT2D eigenvalue weighted by Crippen LogP contribution is 2.21. The number of ether oxygens (including phenoxy) is 2. The fourth-order valence-corrected chi connectivity index (χ4v) is 2.45. The maximum Gasteiger partial charge on any atom is 0.449 e. The van der Waals surface area contributed by atoms with Crippen LogP contribution in [0, 0.1) is 0 Å². The Morgan fingerprint density at radius 3 is 2.00 bits per heavy atom. The van der Waals surface area contributed by atoms with Gasteiger partial charge in [-0.1, -0.05) is 43.2 Å². The smallest absolute Gasteiger partial charge is 0.449 e. The first-order chi connectivity index (χ1) is 12.9. The number of halogens is 3. The van der Waals surface area contributed by atoms with Gasteiger partial charge in [-0.05, 0) is 42.7 Å². The Morgan fingerprint density at radius 1 is 0.778 bits per heavy atom. The van der Waals surface area contributed by atoms with Crippen molar-refractivity contribution in [2.24, 2.45) is 0 Å². The Morgan fingerprint density at radius 2 is 1.37 bits per heavy atom. The van der Waals surface area contributed by atoms with Crippen molar-refractivity contribution >= 4 is 5.78 Å². The van der Waals surface area contributed by atoms with Crippen LogP contribution in [-0.2, 0) is 11.4 Å². The van der Waals surface area contributed by atoms with E-state index in [0.717, 1.165) is 24.2 Å². The first kappa shape index (κ1) is 20.8. The molecule has 0 N–H and O–H groups in total. The van der Waals surface area contributed by atoms with E-state index in [0.29, 0.717) is 25.4 Å². The van der Waals surface area contributed by atoms with Gasteiger partial charge in [-0.3, -0.25) is 4.79 Å². The molecule has 0 fully saturated rings. The number of alkyl halides is 3. The van der Waals surface area contributed by atoms with Crippen LogP contribution in [0.3, 0.4) is 0 Å². The molecule has 0 heterocycles. The van der Waals surface area contributed by atoms with Crippen molar-refractivity contribution in [3.8, 4) is 11.5 Å². The average molecular weight is 380 g/mol. The summed E-state index contributed by atoms with van der Waals surface area (Å²) in [4.78, 5) is 10.7. The zero-order valence-corrected chi connectivity index (χ0v) is 15.0. The summed E-state index contributed by atoms with van der Waals surface area (Å²) in [5, 5.41) is 0. The van der Waals surface area contributed by atoms with Crippen LogP contribution in [0.4, 0.5) is 13.2 Å². The second kappa shape index (κ2) is 10.6. The van der Waals surface area contributed by atoms with Crippen molar-refractivity contribution in [3.05, 3.63) is 60.2 Å². The second-order valence-corrected chi connectivity index (χ2v) is 6.18. The molecule has 0 bridgehead atoms. The van der Waals surface area contributed by atoms with Gasteiger partial charge in [-0.25, -0.2) is 0 Å². The molecule has 0 spiro atoms. The zero-order chi connectivity index (χ0) is 19.5. The van der Waals surface area contributed by atoms with Gasteiger partial charge in [0.25, 0.3) is 0 Å². The van der Waals surface area contributed by atoms with Crippen LogP contribution in [0.15, 0.2) is 54.6 Å². The van der Waals surface area contributed by atoms with E-state index >= 15 is 0 Å². The maximum atomic E-state index is 12.1. The number of Topliss-reactive ketones (excluding diaryl/α,β-unsaturated/α-hetero) is 1. The Labute approximate surface area is 157 Å². The van der Waals surface area contributed by atoms with Crippen LogP contribution in [0.2, 0.25) is 0 Å². The Bertz CT molecular complexity index is 682. The van der Waals surface area contributed by atoms with E-state index < -0.39 is 18.4 Å². The molecule has 0 atom stereocenters. The fraction of sp³-hybridized carbons (Fsp3) is 0.381. The van der Waals surface area contributed by atoms with Gasteiger partial charge in [-0.15, -0.1) is 0 Å². The molecule has 0 aliphatic rings. The van der Waals surface area contributed by atoms with E-state index in [9.17, 15) is 18.0 Å². The van der Waals surface area contributed by atoms with E-state index in [-0.39, 0.29) is 6.42 Å². The lowest BCUT2D eigenvalue weighted by atomic mass is 10.1. The van der Waals surface area contributed by atoms with Gasteiger partial charge >= 0.3 is 6.18 Å². The van der Waals surface area contributed by atoms with Gasteiger partial charge in [-0.2, -0.15) is 13.2 Å². The summed E-state index contributed by atoms with van der Waals surface area (Å²) in [6.07, 6.45) is -2.85. The molecule has 0 saturated carbocycles. The van der Waals surface area contributed by atoms with Crippen molar-refractivity contribution in [2.75, 3.05) is 6.61 Å². The molecule has 2 aromatic rings. The molecule has 2 rings (SSSR count). The summed E-state index contributed by atoms with van der Waals surface area (Å²) in [5.74, 6) is -0.178. The molecule has 0 radical (unpaired) electrons. The van der Waals surface area contributed by atoms with Crippen molar-refractivity contribution in [2.45, 2.75) is 44.9 Å². The van der Waals surface area contributed by atoms with Crippen LogP contribution in [0.25, 0.3) is 0 Å². The zero-order valence-electron chi connectivity index (χ0n) is 15.0. The molecule has 0 saturated heterocycles. The molecular weight excluding hydrogens is 357 g/mol. The van der Waals surface area contributed by atoms with Crippen LogP contribution >= 0.6 is 0 Å². The maximum absolute atomic E-state index is 12.1. The van der Waals surface area contributed by atoms with Crippen LogP contribution in [0.5, 0.6) is 11.5 Å². The minimum absolute atomic E-state index is 0.256. The molecule has 0 amide bonds. The third-order valence-electron chi connectivity index (χ3n) is 3.96. The highest BCUT2D eigenvalue weighted by Gasteiger charge is 2.36. The quantitative estimate of drug-likeness (QED) is 0.467. The lowest BCUT2D eigenvalue weighted by Gasteiger charge is -2.09. The summed E-state index contributed by atoms with van der Waals surface area (Å²) in [7, 11) is 0. The first-order valence-corrected chi connectivity index (χ1v) is 8.95. The number of carbonyl (C=O) groups is 1. The number of rotatable bonds is 11. The van der Waals surface area contributed by atoms with E-state index in [2.05, 4.69) is 0 Å². The lowest BCUT2D eigenvalue weighted by Crippen LogP contribution is -2.22. The molecule has 6 heteroatoms. The number of benzene rings is 2. The van der Waals surface area contributed by atoms with Gasteiger partial charge < -0.3 is 9.47 Å². The number of carbonyl (C=O) groups excluding carboxylic acids is 1. The van der Waals surface area contributed by atoms with Crippen molar-refractivity contribution in [3.63, 3.8) is 0 Å². The predicted octanol–water partition coefficient (Wildman–Crippen LogP) is 5.73. The highest BCUT2D eigenvalue weighted by molar-refractivity contribution is 5.83. The molecule has 0 aliphatic heterocycles. The molecule has 0 aliphatic carbocycles. The van der Waals surface area contributed by atoms with Crippen molar-refractivity contribution in [1.29, 1.82) is 0 Å². The van der Waals surface area contributed by atoms with E-state index in [4.69, 9.17) is 9.47 Å². The SMILES string of the molecule is O=C(CCCCCCOc1ccc(OCc2ccccc2)cc1)C(F)(F)F. The minimum atomic E-state index is -4.71. The standard InChI is InChI=1S/C21H23F3O3/c22-21(23,24)20(25)10-6-1-2-7-15-26-18-11-13-19(14-12-18)27-16-17-8-4-3-5-9-17/h3-5,8-9,11-14H,1-2,6-7,10,15-16H2. The molecule has 27 heavy (non-hydrogen) atoms. The first-order valence-electron chi connectivity index (χ1n) is 8.95. The normalized spacial score (nSPS) is 11.2.